The number of aromatic nitrogens is 3. The molecule has 0 radical (unpaired) electrons. The molecule has 2 aromatic heterocycles. The van der Waals surface area contributed by atoms with E-state index in [0.717, 1.165) is 22.0 Å². The molecule has 4 heteroatoms. The minimum atomic E-state index is 0.690. The molecule has 1 aromatic carbocycles. The summed E-state index contributed by atoms with van der Waals surface area (Å²) in [6.45, 7) is 0. The first kappa shape index (κ1) is 10.1. The smallest absolute Gasteiger partial charge is 0.113 e. The largest absolute Gasteiger partial charge is 0.337 e. The molecule has 0 aliphatic heterocycles. The third-order valence-electron chi connectivity index (χ3n) is 2.64. The van der Waals surface area contributed by atoms with Gasteiger partial charge in [-0.2, -0.15) is 0 Å². The number of nitrogens with one attached hydrogen (secondary N) is 1. The van der Waals surface area contributed by atoms with E-state index in [1.165, 1.54) is 0 Å². The fourth-order valence-electron chi connectivity index (χ4n) is 1.78. The van der Waals surface area contributed by atoms with Gasteiger partial charge in [0.1, 0.15) is 4.64 Å². The van der Waals surface area contributed by atoms with Crippen LogP contribution in [0, 0.1) is 4.64 Å². The number of rotatable bonds is 1. The lowest BCUT2D eigenvalue weighted by Gasteiger charge is -2.02. The van der Waals surface area contributed by atoms with Gasteiger partial charge in [0.25, 0.3) is 0 Å². The average Bonchev–Trinajstić information content (AvgIpc) is 2.39. The first-order valence-electron chi connectivity index (χ1n) is 5.22. The molecule has 0 bridgehead atoms. The molecule has 3 aromatic rings. The van der Waals surface area contributed by atoms with Gasteiger partial charge in [-0.15, -0.1) is 0 Å². The van der Waals surface area contributed by atoms with Gasteiger partial charge in [0.2, 0.25) is 0 Å². The van der Waals surface area contributed by atoms with Crippen molar-refractivity contribution in [2.45, 2.75) is 0 Å². The Balaban J connectivity index is 2.25. The number of pyridine rings is 1. The number of fused-ring (bicyclic) bond motifs is 1. The van der Waals surface area contributed by atoms with Crippen LogP contribution in [-0.4, -0.2) is 15.0 Å². The molecule has 3 rings (SSSR count). The summed E-state index contributed by atoms with van der Waals surface area (Å²) in [6, 6.07) is 10.1. The van der Waals surface area contributed by atoms with Gasteiger partial charge in [0.15, 0.2) is 0 Å². The Hall–Kier alpha value is -2.07. The van der Waals surface area contributed by atoms with Crippen LogP contribution in [-0.2, 0) is 0 Å². The average molecular weight is 239 g/mol. The lowest BCUT2D eigenvalue weighted by Crippen LogP contribution is -1.86. The number of nitrogens with zero attached hydrogens (tertiary/aromatic N) is 2. The quantitative estimate of drug-likeness (QED) is 0.662. The lowest BCUT2D eigenvalue weighted by atomic mass is 10.1. The highest BCUT2D eigenvalue weighted by Gasteiger charge is 2.02. The normalized spacial score (nSPS) is 10.6. The van der Waals surface area contributed by atoms with Crippen LogP contribution < -0.4 is 0 Å². The molecule has 82 valence electrons. The maximum Gasteiger partial charge on any atom is 0.113 e. The van der Waals surface area contributed by atoms with E-state index in [2.05, 4.69) is 15.0 Å². The first-order valence-corrected chi connectivity index (χ1v) is 5.63. The fraction of sp³-hybridized carbons (Fsp3) is 0. The Labute approximate surface area is 103 Å². The van der Waals surface area contributed by atoms with Crippen molar-refractivity contribution >= 4 is 23.1 Å². The number of aromatic amines is 1. The van der Waals surface area contributed by atoms with Crippen molar-refractivity contribution in [2.24, 2.45) is 0 Å². The van der Waals surface area contributed by atoms with E-state index in [4.69, 9.17) is 12.2 Å². The lowest BCUT2D eigenvalue weighted by molar-refractivity contribution is 1.15. The van der Waals surface area contributed by atoms with Gasteiger partial charge in [0.05, 0.1) is 11.8 Å². The Morgan fingerprint density at radius 3 is 3.00 bits per heavy atom. The molecule has 0 fully saturated rings. The van der Waals surface area contributed by atoms with Crippen LogP contribution in [0.1, 0.15) is 0 Å². The fourth-order valence-corrected chi connectivity index (χ4v) is 2.01. The Bertz CT molecular complexity index is 734. The minimum absolute atomic E-state index is 0.690. The molecule has 0 aliphatic rings. The summed E-state index contributed by atoms with van der Waals surface area (Å²) >= 11 is 5.24. The van der Waals surface area contributed by atoms with E-state index in [1.54, 1.807) is 18.7 Å². The van der Waals surface area contributed by atoms with Crippen molar-refractivity contribution in [3.8, 4) is 11.1 Å². The number of benzene rings is 1. The van der Waals surface area contributed by atoms with Gasteiger partial charge < -0.3 is 4.98 Å². The van der Waals surface area contributed by atoms with Crippen molar-refractivity contribution in [3.63, 3.8) is 0 Å². The summed E-state index contributed by atoms with van der Waals surface area (Å²) in [5.41, 5.74) is 2.92. The van der Waals surface area contributed by atoms with E-state index >= 15 is 0 Å². The van der Waals surface area contributed by atoms with Gasteiger partial charge in [-0.3, -0.25) is 4.98 Å². The molecule has 0 atom stereocenters. The molecule has 3 nitrogen and oxygen atoms in total. The van der Waals surface area contributed by atoms with Gasteiger partial charge in [0, 0.05) is 23.3 Å². The molecule has 17 heavy (non-hydrogen) atoms. The van der Waals surface area contributed by atoms with Crippen LogP contribution in [0.2, 0.25) is 0 Å². The van der Waals surface area contributed by atoms with Crippen LogP contribution in [0.3, 0.4) is 0 Å². The van der Waals surface area contributed by atoms with Crippen molar-refractivity contribution in [2.75, 3.05) is 0 Å². The van der Waals surface area contributed by atoms with E-state index in [0.29, 0.717) is 4.64 Å². The second kappa shape index (κ2) is 4.07. The van der Waals surface area contributed by atoms with Gasteiger partial charge in [-0.05, 0) is 17.7 Å². The topological polar surface area (TPSA) is 41.6 Å². The number of hydrogen-bond acceptors (Lipinski definition) is 3. The maximum absolute atomic E-state index is 5.24. The highest BCUT2D eigenvalue weighted by molar-refractivity contribution is 7.71. The second-order valence-corrected chi connectivity index (χ2v) is 4.11. The second-order valence-electron chi connectivity index (χ2n) is 3.71. The van der Waals surface area contributed by atoms with Crippen molar-refractivity contribution in [1.29, 1.82) is 0 Å². The minimum Gasteiger partial charge on any atom is -0.337 e. The van der Waals surface area contributed by atoms with Crippen molar-refractivity contribution in [3.05, 3.63) is 53.7 Å². The van der Waals surface area contributed by atoms with Gasteiger partial charge in [-0.25, -0.2) is 4.98 Å². The Kier molecular flexibility index (Phi) is 2.42. The zero-order valence-electron chi connectivity index (χ0n) is 8.92. The molecular formula is C13H9N3S. The van der Waals surface area contributed by atoms with Crippen LogP contribution in [0.25, 0.3) is 22.0 Å². The summed E-state index contributed by atoms with van der Waals surface area (Å²) in [7, 11) is 0. The van der Waals surface area contributed by atoms with Crippen LogP contribution in [0.15, 0.2) is 49.1 Å². The molecule has 1 N–H and O–H groups in total. The Morgan fingerprint density at radius 1 is 1.18 bits per heavy atom. The van der Waals surface area contributed by atoms with Gasteiger partial charge in [-0.1, -0.05) is 30.4 Å². The first-order chi connectivity index (χ1) is 8.34. The molecule has 0 unspecified atom stereocenters. The summed E-state index contributed by atoms with van der Waals surface area (Å²) in [6.07, 6.45) is 5.14. The van der Waals surface area contributed by atoms with Crippen molar-refractivity contribution in [1.82, 2.24) is 15.0 Å². The van der Waals surface area contributed by atoms with E-state index in [9.17, 15) is 0 Å². The highest BCUT2D eigenvalue weighted by atomic mass is 32.1. The molecule has 2 heterocycles. The summed E-state index contributed by atoms with van der Waals surface area (Å²) in [5, 5.41) is 1.12. The predicted octanol–water partition coefficient (Wildman–Crippen LogP) is 3.35. The summed E-state index contributed by atoms with van der Waals surface area (Å²) in [5.74, 6) is 0. The Morgan fingerprint density at radius 2 is 2.12 bits per heavy atom. The highest BCUT2D eigenvalue weighted by Crippen LogP contribution is 2.22. The van der Waals surface area contributed by atoms with Crippen LogP contribution in [0.4, 0.5) is 0 Å². The van der Waals surface area contributed by atoms with Crippen LogP contribution in [0.5, 0.6) is 0 Å². The zero-order chi connectivity index (χ0) is 11.7. The third kappa shape index (κ3) is 1.83. The molecule has 0 amide bonds. The maximum atomic E-state index is 5.24. The predicted molar refractivity (Wildman–Crippen MR) is 70.2 cm³/mol. The van der Waals surface area contributed by atoms with E-state index in [1.807, 2.05) is 30.3 Å². The molecule has 0 aliphatic carbocycles. The van der Waals surface area contributed by atoms with Crippen molar-refractivity contribution < 1.29 is 0 Å². The molecule has 0 saturated carbocycles. The standard InChI is InChI=1S/C13H9N3S/c17-13-11(7-14-8-16-13)10-4-3-9-2-1-5-15-12(9)6-10/h1-8H,(H,14,16,17). The molecule has 0 spiro atoms. The number of H-pyrrole nitrogens is 1. The van der Waals surface area contributed by atoms with E-state index in [-0.39, 0.29) is 0 Å². The summed E-state index contributed by atoms with van der Waals surface area (Å²) < 4.78 is 0.690. The zero-order valence-corrected chi connectivity index (χ0v) is 9.74. The molecular weight excluding hydrogens is 230 g/mol. The van der Waals surface area contributed by atoms with Gasteiger partial charge >= 0.3 is 0 Å². The van der Waals surface area contributed by atoms with Crippen LogP contribution >= 0.6 is 12.2 Å². The monoisotopic (exact) mass is 239 g/mol. The third-order valence-corrected chi connectivity index (χ3v) is 2.97. The summed E-state index contributed by atoms with van der Waals surface area (Å²) in [4.78, 5) is 11.3. The molecule has 0 saturated heterocycles. The van der Waals surface area contributed by atoms with E-state index < -0.39 is 0 Å². The number of hydrogen-bond donors (Lipinski definition) is 1. The SMILES string of the molecule is S=c1[nH]cncc1-c1ccc2cccnc2c1.